The summed E-state index contributed by atoms with van der Waals surface area (Å²) in [4.78, 5) is 17.8. The van der Waals surface area contributed by atoms with E-state index in [-0.39, 0.29) is 23.4 Å². The molecule has 2 unspecified atom stereocenters. The van der Waals surface area contributed by atoms with E-state index < -0.39 is 0 Å². The van der Waals surface area contributed by atoms with Gasteiger partial charge in [-0.1, -0.05) is 12.8 Å². The number of rotatable bonds is 4. The fourth-order valence-electron chi connectivity index (χ4n) is 4.87. The molecule has 3 N–H and O–H groups in total. The van der Waals surface area contributed by atoms with E-state index in [1.165, 1.54) is 45.2 Å². The van der Waals surface area contributed by atoms with Crippen LogP contribution in [0.2, 0.25) is 0 Å². The second-order valence-corrected chi connectivity index (χ2v) is 8.42. The molecule has 1 amide bonds. The van der Waals surface area contributed by atoms with E-state index in [2.05, 4.69) is 22.2 Å². The number of nitrogens with one attached hydrogen (secondary N) is 1. The van der Waals surface area contributed by atoms with Gasteiger partial charge in [0.2, 0.25) is 5.91 Å². The normalized spacial score (nSPS) is 32.4. The van der Waals surface area contributed by atoms with Crippen LogP contribution < -0.4 is 11.1 Å². The van der Waals surface area contributed by atoms with E-state index in [9.17, 15) is 4.79 Å². The van der Waals surface area contributed by atoms with Gasteiger partial charge < -0.3 is 16.0 Å². The van der Waals surface area contributed by atoms with Crippen molar-refractivity contribution in [3.8, 4) is 0 Å². The fourth-order valence-corrected chi connectivity index (χ4v) is 4.87. The van der Waals surface area contributed by atoms with Gasteiger partial charge in [-0.15, -0.1) is 0 Å². The topological polar surface area (TPSA) is 61.6 Å². The highest BCUT2D eigenvalue weighted by molar-refractivity contribution is 5.78. The van der Waals surface area contributed by atoms with Gasteiger partial charge >= 0.3 is 0 Å². The maximum Gasteiger partial charge on any atom is 0.223 e. The van der Waals surface area contributed by atoms with Crippen LogP contribution in [-0.2, 0) is 4.79 Å². The molecule has 0 spiro atoms. The molecule has 0 bridgehead atoms. The molecular formula is C19H36N4O. The van der Waals surface area contributed by atoms with Crippen molar-refractivity contribution in [2.24, 2.45) is 11.7 Å². The summed E-state index contributed by atoms with van der Waals surface area (Å²) < 4.78 is 0. The minimum atomic E-state index is 0.137. The van der Waals surface area contributed by atoms with E-state index in [4.69, 9.17) is 5.73 Å². The summed E-state index contributed by atoms with van der Waals surface area (Å²) in [6, 6.07) is 0.217. The van der Waals surface area contributed by atoms with Gasteiger partial charge in [-0.3, -0.25) is 9.69 Å². The Kier molecular flexibility index (Phi) is 6.17. The number of hydrogen-bond donors (Lipinski definition) is 2. The van der Waals surface area contributed by atoms with Gasteiger partial charge in [0.25, 0.3) is 0 Å². The molecule has 2 heterocycles. The fraction of sp³-hybridized carbons (Fsp3) is 0.947. The average molecular weight is 337 g/mol. The quantitative estimate of drug-likeness (QED) is 0.818. The molecule has 0 radical (unpaired) electrons. The molecule has 5 heteroatoms. The number of nitrogens with zero attached hydrogens (tertiary/aromatic N) is 2. The zero-order chi connectivity index (χ0) is 17.0. The molecule has 0 aromatic carbocycles. The summed E-state index contributed by atoms with van der Waals surface area (Å²) in [5.74, 6) is 0.388. The number of hydrogen-bond acceptors (Lipinski definition) is 4. The van der Waals surface area contributed by atoms with Gasteiger partial charge in [0.05, 0.1) is 0 Å². The van der Waals surface area contributed by atoms with Crippen molar-refractivity contribution in [2.75, 3.05) is 39.8 Å². The highest BCUT2D eigenvalue weighted by atomic mass is 16.1. The summed E-state index contributed by atoms with van der Waals surface area (Å²) in [6.45, 7) is 5.51. The molecule has 2 atom stereocenters. The lowest BCUT2D eigenvalue weighted by molar-refractivity contribution is -0.127. The monoisotopic (exact) mass is 336 g/mol. The standard InChI is InChI=1S/C19H36N4O/c1-22-12-8-19(9-13-22,23-10-3-2-4-11-23)15-21-18(24)16-6-5-7-17(20)14-16/h16-17H,2-15,20H2,1H3,(H,21,24). The highest BCUT2D eigenvalue weighted by Gasteiger charge is 2.40. The van der Waals surface area contributed by atoms with Crippen molar-refractivity contribution >= 4 is 5.91 Å². The van der Waals surface area contributed by atoms with Crippen LogP contribution in [0.5, 0.6) is 0 Å². The molecule has 3 fully saturated rings. The number of carbonyl (C=O) groups excluding carboxylic acids is 1. The molecule has 1 saturated carbocycles. The second-order valence-electron chi connectivity index (χ2n) is 8.42. The third kappa shape index (κ3) is 4.30. The molecule has 3 rings (SSSR count). The summed E-state index contributed by atoms with van der Waals surface area (Å²) in [5, 5.41) is 3.34. The molecule has 24 heavy (non-hydrogen) atoms. The first-order valence-electron chi connectivity index (χ1n) is 10.1. The molecule has 1 aliphatic carbocycles. The third-order valence-electron chi connectivity index (χ3n) is 6.62. The maximum absolute atomic E-state index is 12.7. The van der Waals surface area contributed by atoms with Gasteiger partial charge in [-0.05, 0) is 78.2 Å². The van der Waals surface area contributed by atoms with Crippen molar-refractivity contribution in [2.45, 2.75) is 69.4 Å². The van der Waals surface area contributed by atoms with Gasteiger partial charge in [-0.2, -0.15) is 0 Å². The minimum absolute atomic E-state index is 0.137. The SMILES string of the molecule is CN1CCC(CNC(=O)C2CCCC(N)C2)(N2CCCCC2)CC1. The predicted molar refractivity (Wildman–Crippen MR) is 97.8 cm³/mol. The average Bonchev–Trinajstić information content (AvgIpc) is 2.62. The summed E-state index contributed by atoms with van der Waals surface area (Å²) in [7, 11) is 2.21. The van der Waals surface area contributed by atoms with Gasteiger partial charge in [0.1, 0.15) is 0 Å². The molecule has 3 aliphatic rings. The van der Waals surface area contributed by atoms with Crippen LogP contribution in [0, 0.1) is 5.92 Å². The zero-order valence-electron chi connectivity index (χ0n) is 15.4. The summed E-state index contributed by atoms with van der Waals surface area (Å²) >= 11 is 0. The first kappa shape index (κ1) is 18.2. The van der Waals surface area contributed by atoms with Gasteiger partial charge in [0, 0.05) is 24.0 Å². The van der Waals surface area contributed by atoms with E-state index in [1.54, 1.807) is 0 Å². The van der Waals surface area contributed by atoms with Crippen LogP contribution >= 0.6 is 0 Å². The van der Waals surface area contributed by atoms with E-state index in [1.807, 2.05) is 0 Å². The molecule has 0 aromatic heterocycles. The summed E-state index contributed by atoms with van der Waals surface area (Å²) in [5.41, 5.74) is 6.25. The number of piperidine rings is 2. The Morgan fingerprint density at radius 3 is 2.46 bits per heavy atom. The molecule has 0 aromatic rings. The predicted octanol–water partition coefficient (Wildman–Crippen LogP) is 1.57. The van der Waals surface area contributed by atoms with Crippen molar-refractivity contribution < 1.29 is 4.79 Å². The Labute approximate surface area is 147 Å². The largest absolute Gasteiger partial charge is 0.354 e. The Bertz CT molecular complexity index is 414. The van der Waals surface area contributed by atoms with E-state index >= 15 is 0 Å². The smallest absolute Gasteiger partial charge is 0.223 e. The Morgan fingerprint density at radius 1 is 1.08 bits per heavy atom. The van der Waals surface area contributed by atoms with Crippen LogP contribution in [0.15, 0.2) is 0 Å². The molecule has 2 saturated heterocycles. The van der Waals surface area contributed by atoms with E-state index in [0.717, 1.165) is 45.3 Å². The van der Waals surface area contributed by atoms with E-state index in [0.29, 0.717) is 0 Å². The minimum Gasteiger partial charge on any atom is -0.354 e. The maximum atomic E-state index is 12.7. The van der Waals surface area contributed by atoms with Gasteiger partial charge in [0.15, 0.2) is 0 Å². The Hall–Kier alpha value is -0.650. The highest BCUT2D eigenvalue weighted by Crippen LogP contribution is 2.31. The lowest BCUT2D eigenvalue weighted by Crippen LogP contribution is -2.61. The van der Waals surface area contributed by atoms with Crippen LogP contribution in [0.25, 0.3) is 0 Å². The summed E-state index contributed by atoms with van der Waals surface area (Å²) in [6.07, 6.45) is 10.4. The van der Waals surface area contributed by atoms with Crippen LogP contribution in [-0.4, -0.2) is 67.1 Å². The third-order valence-corrected chi connectivity index (χ3v) is 6.62. The van der Waals surface area contributed by atoms with Crippen LogP contribution in [0.4, 0.5) is 0 Å². The van der Waals surface area contributed by atoms with Crippen LogP contribution in [0.3, 0.4) is 0 Å². The molecule has 2 aliphatic heterocycles. The van der Waals surface area contributed by atoms with Crippen molar-refractivity contribution in [1.82, 2.24) is 15.1 Å². The van der Waals surface area contributed by atoms with Gasteiger partial charge in [-0.25, -0.2) is 0 Å². The number of nitrogens with two attached hydrogens (primary N) is 1. The zero-order valence-corrected chi connectivity index (χ0v) is 15.4. The number of likely N-dealkylation sites (tertiary alicyclic amines) is 2. The first-order valence-corrected chi connectivity index (χ1v) is 10.1. The lowest BCUT2D eigenvalue weighted by Gasteiger charge is -2.50. The second kappa shape index (κ2) is 8.15. The first-order chi connectivity index (χ1) is 11.6. The van der Waals surface area contributed by atoms with Crippen molar-refractivity contribution in [1.29, 1.82) is 0 Å². The molecular weight excluding hydrogens is 300 g/mol. The number of amides is 1. The number of carbonyl (C=O) groups is 1. The van der Waals surface area contributed by atoms with Crippen molar-refractivity contribution in [3.63, 3.8) is 0 Å². The van der Waals surface area contributed by atoms with Crippen LogP contribution in [0.1, 0.15) is 57.8 Å². The Balaban J connectivity index is 1.60. The van der Waals surface area contributed by atoms with Crippen molar-refractivity contribution in [3.05, 3.63) is 0 Å². The molecule has 5 nitrogen and oxygen atoms in total. The Morgan fingerprint density at radius 2 is 1.79 bits per heavy atom. The lowest BCUT2D eigenvalue weighted by atomic mass is 9.83. The molecule has 138 valence electrons.